The second kappa shape index (κ2) is 4.37. The Morgan fingerprint density at radius 3 is 2.75 bits per heavy atom. The molecule has 1 heterocycles. The van der Waals surface area contributed by atoms with Gasteiger partial charge < -0.3 is 10.5 Å². The molecule has 0 saturated heterocycles. The van der Waals surface area contributed by atoms with Crippen LogP contribution in [0.15, 0.2) is 30.3 Å². The highest BCUT2D eigenvalue weighted by Gasteiger charge is 2.10. The van der Waals surface area contributed by atoms with Crippen molar-refractivity contribution in [1.29, 1.82) is 0 Å². The fraction of sp³-hybridized carbons (Fsp3) is 0.250. The lowest BCUT2D eigenvalue weighted by molar-refractivity contribution is 0.416. The number of aryl methyl sites for hydroxylation is 1. The Hall–Kier alpha value is -1.81. The van der Waals surface area contributed by atoms with E-state index in [1.165, 1.54) is 0 Å². The van der Waals surface area contributed by atoms with Crippen LogP contribution in [-0.2, 0) is 13.6 Å². The van der Waals surface area contributed by atoms with Crippen LogP contribution in [0, 0.1) is 0 Å². The van der Waals surface area contributed by atoms with Crippen LogP contribution < -0.4 is 10.5 Å². The number of para-hydroxylation sites is 1. The Balaban J connectivity index is 2.53. The molecule has 4 heteroatoms. The van der Waals surface area contributed by atoms with Gasteiger partial charge in [0.2, 0.25) is 0 Å². The van der Waals surface area contributed by atoms with E-state index in [0.29, 0.717) is 6.54 Å². The molecule has 2 N–H and O–H groups in total. The van der Waals surface area contributed by atoms with Gasteiger partial charge in [0.1, 0.15) is 5.75 Å². The summed E-state index contributed by atoms with van der Waals surface area (Å²) < 4.78 is 7.14. The number of benzene rings is 1. The van der Waals surface area contributed by atoms with Gasteiger partial charge in [0.25, 0.3) is 0 Å². The van der Waals surface area contributed by atoms with Gasteiger partial charge in [-0.3, -0.25) is 4.68 Å². The van der Waals surface area contributed by atoms with Crippen molar-refractivity contribution in [2.24, 2.45) is 12.8 Å². The van der Waals surface area contributed by atoms with E-state index in [9.17, 15) is 0 Å². The summed E-state index contributed by atoms with van der Waals surface area (Å²) >= 11 is 0. The standard InChI is InChI=1S/C12H15N3O/c1-15-11(7-9(8-13)14-15)10-5-3-4-6-12(10)16-2/h3-7H,8,13H2,1-2H3. The Labute approximate surface area is 94.6 Å². The van der Waals surface area contributed by atoms with Crippen molar-refractivity contribution >= 4 is 0 Å². The zero-order chi connectivity index (χ0) is 11.5. The molecule has 16 heavy (non-hydrogen) atoms. The Morgan fingerprint density at radius 1 is 1.38 bits per heavy atom. The summed E-state index contributed by atoms with van der Waals surface area (Å²) in [5.41, 5.74) is 8.49. The van der Waals surface area contributed by atoms with Crippen molar-refractivity contribution in [2.75, 3.05) is 7.11 Å². The number of hydrogen-bond donors (Lipinski definition) is 1. The number of nitrogens with two attached hydrogens (primary N) is 1. The molecule has 1 aromatic carbocycles. The maximum atomic E-state index is 5.57. The lowest BCUT2D eigenvalue weighted by Gasteiger charge is -2.07. The van der Waals surface area contributed by atoms with Gasteiger partial charge >= 0.3 is 0 Å². The first-order valence-electron chi connectivity index (χ1n) is 5.12. The lowest BCUT2D eigenvalue weighted by atomic mass is 10.1. The van der Waals surface area contributed by atoms with Crippen LogP contribution in [0.2, 0.25) is 0 Å². The minimum atomic E-state index is 0.447. The topological polar surface area (TPSA) is 53.1 Å². The highest BCUT2D eigenvalue weighted by molar-refractivity contribution is 5.67. The average molecular weight is 217 g/mol. The van der Waals surface area contributed by atoms with Crippen molar-refractivity contribution in [1.82, 2.24) is 9.78 Å². The predicted molar refractivity (Wildman–Crippen MR) is 63.1 cm³/mol. The molecule has 2 rings (SSSR count). The summed E-state index contributed by atoms with van der Waals surface area (Å²) in [4.78, 5) is 0. The first-order valence-corrected chi connectivity index (χ1v) is 5.12. The van der Waals surface area contributed by atoms with E-state index in [1.54, 1.807) is 7.11 Å². The zero-order valence-electron chi connectivity index (χ0n) is 9.47. The first-order chi connectivity index (χ1) is 7.76. The number of rotatable bonds is 3. The monoisotopic (exact) mass is 217 g/mol. The molecule has 0 amide bonds. The van der Waals surface area contributed by atoms with E-state index < -0.39 is 0 Å². The van der Waals surface area contributed by atoms with E-state index in [1.807, 2.05) is 42.1 Å². The van der Waals surface area contributed by atoms with Crippen molar-refractivity contribution in [3.05, 3.63) is 36.0 Å². The second-order valence-electron chi connectivity index (χ2n) is 3.55. The molecule has 0 radical (unpaired) electrons. The minimum absolute atomic E-state index is 0.447. The molecule has 2 aromatic rings. The van der Waals surface area contributed by atoms with E-state index in [-0.39, 0.29) is 0 Å². The highest BCUT2D eigenvalue weighted by atomic mass is 16.5. The molecule has 0 spiro atoms. The van der Waals surface area contributed by atoms with Gasteiger partial charge in [-0.1, -0.05) is 12.1 Å². The summed E-state index contributed by atoms with van der Waals surface area (Å²) in [6, 6.07) is 9.86. The van der Waals surface area contributed by atoms with Crippen molar-refractivity contribution in [3.63, 3.8) is 0 Å². The summed E-state index contributed by atoms with van der Waals surface area (Å²) in [7, 11) is 3.57. The molecule has 0 aliphatic rings. The van der Waals surface area contributed by atoms with E-state index in [2.05, 4.69) is 5.10 Å². The smallest absolute Gasteiger partial charge is 0.128 e. The molecule has 0 aliphatic carbocycles. The Bertz CT molecular complexity index is 491. The molecular formula is C12H15N3O. The fourth-order valence-corrected chi connectivity index (χ4v) is 1.73. The fourth-order valence-electron chi connectivity index (χ4n) is 1.73. The predicted octanol–water partition coefficient (Wildman–Crippen LogP) is 1.55. The number of nitrogens with zero attached hydrogens (tertiary/aromatic N) is 2. The number of methoxy groups -OCH3 is 1. The zero-order valence-corrected chi connectivity index (χ0v) is 9.47. The van der Waals surface area contributed by atoms with Gasteiger partial charge in [0, 0.05) is 19.2 Å². The molecule has 0 atom stereocenters. The molecular weight excluding hydrogens is 202 g/mol. The molecule has 84 valence electrons. The van der Waals surface area contributed by atoms with Gasteiger partial charge in [0.15, 0.2) is 0 Å². The number of aromatic nitrogens is 2. The van der Waals surface area contributed by atoms with Crippen LogP contribution in [0.3, 0.4) is 0 Å². The van der Waals surface area contributed by atoms with Gasteiger partial charge in [0.05, 0.1) is 18.5 Å². The molecule has 0 bridgehead atoms. The second-order valence-corrected chi connectivity index (χ2v) is 3.55. The Kier molecular flexibility index (Phi) is 2.92. The van der Waals surface area contributed by atoms with Gasteiger partial charge in [-0.2, -0.15) is 5.10 Å². The van der Waals surface area contributed by atoms with Crippen LogP contribution in [-0.4, -0.2) is 16.9 Å². The minimum Gasteiger partial charge on any atom is -0.496 e. The number of hydrogen-bond acceptors (Lipinski definition) is 3. The van der Waals surface area contributed by atoms with Crippen LogP contribution >= 0.6 is 0 Å². The lowest BCUT2D eigenvalue weighted by Crippen LogP contribution is -1.99. The van der Waals surface area contributed by atoms with Crippen LogP contribution in [0.4, 0.5) is 0 Å². The average Bonchev–Trinajstić information content (AvgIpc) is 2.70. The van der Waals surface area contributed by atoms with Crippen LogP contribution in [0.5, 0.6) is 5.75 Å². The normalized spacial score (nSPS) is 10.4. The molecule has 0 fully saturated rings. The summed E-state index contributed by atoms with van der Waals surface area (Å²) in [5, 5.41) is 4.32. The largest absolute Gasteiger partial charge is 0.496 e. The molecule has 0 aliphatic heterocycles. The van der Waals surface area contributed by atoms with Gasteiger partial charge in [-0.15, -0.1) is 0 Å². The Morgan fingerprint density at radius 2 is 2.12 bits per heavy atom. The van der Waals surface area contributed by atoms with Gasteiger partial charge in [-0.25, -0.2) is 0 Å². The summed E-state index contributed by atoms with van der Waals surface area (Å²) in [6.45, 7) is 0.447. The third kappa shape index (κ3) is 1.79. The summed E-state index contributed by atoms with van der Waals surface area (Å²) in [5.74, 6) is 0.842. The molecule has 0 unspecified atom stereocenters. The third-order valence-electron chi connectivity index (χ3n) is 2.52. The third-order valence-corrected chi connectivity index (χ3v) is 2.52. The SMILES string of the molecule is COc1ccccc1-c1cc(CN)nn1C. The highest BCUT2D eigenvalue weighted by Crippen LogP contribution is 2.29. The van der Waals surface area contributed by atoms with Crippen LogP contribution in [0.25, 0.3) is 11.3 Å². The first kappa shape index (κ1) is 10.7. The van der Waals surface area contributed by atoms with Crippen molar-refractivity contribution in [2.45, 2.75) is 6.54 Å². The van der Waals surface area contributed by atoms with E-state index >= 15 is 0 Å². The van der Waals surface area contributed by atoms with E-state index in [4.69, 9.17) is 10.5 Å². The number of ether oxygens (including phenoxy) is 1. The maximum absolute atomic E-state index is 5.57. The van der Waals surface area contributed by atoms with E-state index in [0.717, 1.165) is 22.7 Å². The van der Waals surface area contributed by atoms with Gasteiger partial charge in [-0.05, 0) is 18.2 Å². The van der Waals surface area contributed by atoms with Crippen molar-refractivity contribution < 1.29 is 4.74 Å². The van der Waals surface area contributed by atoms with Crippen LogP contribution in [0.1, 0.15) is 5.69 Å². The maximum Gasteiger partial charge on any atom is 0.128 e. The van der Waals surface area contributed by atoms with Crippen molar-refractivity contribution in [3.8, 4) is 17.0 Å². The summed E-state index contributed by atoms with van der Waals surface area (Å²) in [6.07, 6.45) is 0. The molecule has 4 nitrogen and oxygen atoms in total. The quantitative estimate of drug-likeness (QED) is 0.848. The molecule has 0 saturated carbocycles. The molecule has 1 aromatic heterocycles.